The molecule has 0 aliphatic heterocycles. The molecule has 5 heteroatoms. The van der Waals surface area contributed by atoms with Crippen LogP contribution in [0.5, 0.6) is 5.75 Å². The first kappa shape index (κ1) is 16.5. The number of carbonyl (C=O) groups excluding carboxylic acids is 1. The van der Waals surface area contributed by atoms with Crippen LogP contribution in [0.15, 0.2) is 24.3 Å². The van der Waals surface area contributed by atoms with Gasteiger partial charge in [0.05, 0.1) is 19.8 Å². The van der Waals surface area contributed by atoms with Gasteiger partial charge in [-0.15, -0.1) is 0 Å². The quantitative estimate of drug-likeness (QED) is 0.749. The van der Waals surface area contributed by atoms with Gasteiger partial charge >= 0.3 is 0 Å². The van der Waals surface area contributed by atoms with Crippen molar-refractivity contribution in [2.75, 3.05) is 20.3 Å². The lowest BCUT2D eigenvalue weighted by Gasteiger charge is -2.25. The van der Waals surface area contributed by atoms with Crippen molar-refractivity contribution in [3.63, 3.8) is 0 Å². The number of para-hydroxylation sites is 1. The van der Waals surface area contributed by atoms with E-state index in [9.17, 15) is 4.79 Å². The average molecular weight is 280 g/mol. The zero-order valence-corrected chi connectivity index (χ0v) is 12.2. The summed E-state index contributed by atoms with van der Waals surface area (Å²) in [6.07, 6.45) is 1.50. The number of amides is 1. The van der Waals surface area contributed by atoms with Crippen molar-refractivity contribution in [2.45, 2.75) is 32.4 Å². The zero-order chi connectivity index (χ0) is 15.0. The summed E-state index contributed by atoms with van der Waals surface area (Å²) in [6, 6.07) is 7.01. The van der Waals surface area contributed by atoms with Crippen molar-refractivity contribution >= 4 is 5.91 Å². The molecule has 1 aromatic carbocycles. The van der Waals surface area contributed by atoms with E-state index >= 15 is 0 Å². The second kappa shape index (κ2) is 8.55. The molecule has 0 aromatic heterocycles. The molecular formula is C15H24N2O3. The van der Waals surface area contributed by atoms with E-state index in [1.807, 2.05) is 31.2 Å². The largest absolute Gasteiger partial charge is 0.496 e. The minimum Gasteiger partial charge on any atom is -0.496 e. The maximum atomic E-state index is 12.3. The van der Waals surface area contributed by atoms with E-state index in [0.29, 0.717) is 13.0 Å². The minimum absolute atomic E-state index is 0.0836. The van der Waals surface area contributed by atoms with E-state index in [4.69, 9.17) is 15.6 Å². The number of methoxy groups -OCH3 is 1. The third-order valence-electron chi connectivity index (χ3n) is 3.15. The number of nitrogens with two attached hydrogens (primary N) is 1. The van der Waals surface area contributed by atoms with Crippen LogP contribution in [0.2, 0.25) is 0 Å². The van der Waals surface area contributed by atoms with E-state index < -0.39 is 6.04 Å². The Kier molecular flexibility index (Phi) is 7.04. The molecule has 0 saturated carbocycles. The lowest BCUT2D eigenvalue weighted by Crippen LogP contribution is -2.44. The van der Waals surface area contributed by atoms with Gasteiger partial charge < -0.3 is 20.5 Å². The second-order valence-electron chi connectivity index (χ2n) is 4.69. The van der Waals surface area contributed by atoms with Gasteiger partial charge in [-0.2, -0.15) is 0 Å². The van der Waals surface area contributed by atoms with E-state index in [0.717, 1.165) is 17.7 Å². The number of carbonyl (C=O) groups is 1. The van der Waals surface area contributed by atoms with Crippen LogP contribution in [-0.2, 0) is 11.3 Å². The SMILES string of the molecule is CCC[C@@H](N)C(=O)N(CCO)Cc1ccccc1OC. The lowest BCUT2D eigenvalue weighted by atomic mass is 10.1. The Hall–Kier alpha value is -1.59. The molecule has 0 aliphatic carbocycles. The van der Waals surface area contributed by atoms with Gasteiger partial charge in [0.15, 0.2) is 0 Å². The fourth-order valence-corrected chi connectivity index (χ4v) is 2.10. The summed E-state index contributed by atoms with van der Waals surface area (Å²) in [4.78, 5) is 13.9. The summed E-state index contributed by atoms with van der Waals surface area (Å²) in [5.41, 5.74) is 6.78. The fourth-order valence-electron chi connectivity index (χ4n) is 2.10. The smallest absolute Gasteiger partial charge is 0.239 e. The summed E-state index contributed by atoms with van der Waals surface area (Å²) >= 11 is 0. The molecular weight excluding hydrogens is 256 g/mol. The highest BCUT2D eigenvalue weighted by molar-refractivity contribution is 5.81. The fraction of sp³-hybridized carbons (Fsp3) is 0.533. The first-order valence-electron chi connectivity index (χ1n) is 6.91. The number of rotatable bonds is 8. The molecule has 0 radical (unpaired) electrons. The summed E-state index contributed by atoms with van der Waals surface area (Å²) in [5, 5.41) is 9.14. The van der Waals surface area contributed by atoms with Gasteiger partial charge in [0.1, 0.15) is 5.75 Å². The van der Waals surface area contributed by atoms with Crippen LogP contribution in [0.4, 0.5) is 0 Å². The third-order valence-corrected chi connectivity index (χ3v) is 3.15. The summed E-state index contributed by atoms with van der Waals surface area (Å²) < 4.78 is 5.28. The van der Waals surface area contributed by atoms with Crippen LogP contribution >= 0.6 is 0 Å². The zero-order valence-electron chi connectivity index (χ0n) is 12.2. The van der Waals surface area contributed by atoms with E-state index in [-0.39, 0.29) is 19.1 Å². The number of benzene rings is 1. The first-order valence-corrected chi connectivity index (χ1v) is 6.91. The second-order valence-corrected chi connectivity index (χ2v) is 4.69. The molecule has 20 heavy (non-hydrogen) atoms. The van der Waals surface area contributed by atoms with Gasteiger partial charge in [0, 0.05) is 18.7 Å². The van der Waals surface area contributed by atoms with E-state index in [1.165, 1.54) is 0 Å². The lowest BCUT2D eigenvalue weighted by molar-refractivity contribution is -0.133. The molecule has 0 unspecified atom stereocenters. The van der Waals surface area contributed by atoms with Crippen molar-refractivity contribution < 1.29 is 14.6 Å². The topological polar surface area (TPSA) is 75.8 Å². The number of hydrogen-bond donors (Lipinski definition) is 2. The van der Waals surface area contributed by atoms with Gasteiger partial charge in [-0.3, -0.25) is 4.79 Å². The molecule has 112 valence electrons. The standard InChI is InChI=1S/C15H24N2O3/c1-3-6-13(16)15(19)17(9-10-18)11-12-7-4-5-8-14(12)20-2/h4-5,7-8,13,18H,3,6,9-11,16H2,1-2H3/t13-/m1/s1. The predicted octanol–water partition coefficient (Wildman–Crippen LogP) is 1.14. The number of nitrogens with zero attached hydrogens (tertiary/aromatic N) is 1. The Morgan fingerprint density at radius 1 is 1.45 bits per heavy atom. The molecule has 0 bridgehead atoms. The molecule has 0 fully saturated rings. The summed E-state index contributed by atoms with van der Waals surface area (Å²) in [6.45, 7) is 2.57. The van der Waals surface area contributed by atoms with Crippen molar-refractivity contribution in [1.29, 1.82) is 0 Å². The molecule has 0 aliphatic rings. The van der Waals surface area contributed by atoms with Crippen LogP contribution in [0.3, 0.4) is 0 Å². The predicted molar refractivity (Wildman–Crippen MR) is 78.4 cm³/mol. The highest BCUT2D eigenvalue weighted by atomic mass is 16.5. The Balaban J connectivity index is 2.83. The first-order chi connectivity index (χ1) is 9.63. The number of ether oxygens (including phenoxy) is 1. The number of hydrogen-bond acceptors (Lipinski definition) is 4. The monoisotopic (exact) mass is 280 g/mol. The molecule has 1 aromatic rings. The molecule has 1 rings (SSSR count). The molecule has 0 spiro atoms. The molecule has 3 N–H and O–H groups in total. The van der Waals surface area contributed by atoms with Crippen LogP contribution < -0.4 is 10.5 Å². The van der Waals surface area contributed by atoms with Crippen molar-refractivity contribution in [3.8, 4) is 5.75 Å². The maximum Gasteiger partial charge on any atom is 0.239 e. The normalized spacial score (nSPS) is 12.0. The number of aliphatic hydroxyl groups excluding tert-OH is 1. The van der Waals surface area contributed by atoms with Gasteiger partial charge in [-0.25, -0.2) is 0 Å². The van der Waals surface area contributed by atoms with Gasteiger partial charge in [-0.05, 0) is 12.5 Å². The van der Waals surface area contributed by atoms with Crippen LogP contribution in [0, 0.1) is 0 Å². The van der Waals surface area contributed by atoms with E-state index in [1.54, 1.807) is 12.0 Å². The number of aliphatic hydroxyl groups is 1. The van der Waals surface area contributed by atoms with Crippen LogP contribution in [0.25, 0.3) is 0 Å². The summed E-state index contributed by atoms with van der Waals surface area (Å²) in [5.74, 6) is 0.596. The molecule has 1 atom stereocenters. The van der Waals surface area contributed by atoms with Crippen molar-refractivity contribution in [3.05, 3.63) is 29.8 Å². The van der Waals surface area contributed by atoms with Gasteiger partial charge in [0.2, 0.25) is 5.91 Å². The van der Waals surface area contributed by atoms with Gasteiger partial charge in [0.25, 0.3) is 0 Å². The van der Waals surface area contributed by atoms with Crippen molar-refractivity contribution in [1.82, 2.24) is 4.90 Å². The van der Waals surface area contributed by atoms with Gasteiger partial charge in [-0.1, -0.05) is 31.5 Å². The highest BCUT2D eigenvalue weighted by Gasteiger charge is 2.21. The van der Waals surface area contributed by atoms with Crippen molar-refractivity contribution in [2.24, 2.45) is 5.73 Å². The van der Waals surface area contributed by atoms with Crippen LogP contribution in [0.1, 0.15) is 25.3 Å². The Bertz CT molecular complexity index is 423. The summed E-state index contributed by atoms with van der Waals surface area (Å²) in [7, 11) is 1.60. The van der Waals surface area contributed by atoms with E-state index in [2.05, 4.69) is 0 Å². The Morgan fingerprint density at radius 3 is 2.75 bits per heavy atom. The molecule has 1 amide bonds. The molecule has 0 saturated heterocycles. The molecule has 0 heterocycles. The van der Waals surface area contributed by atoms with Crippen LogP contribution in [-0.4, -0.2) is 42.2 Å². The average Bonchev–Trinajstić information content (AvgIpc) is 2.46. The third kappa shape index (κ3) is 4.51. The molecule has 5 nitrogen and oxygen atoms in total. The Labute approximate surface area is 120 Å². The minimum atomic E-state index is -0.513. The highest BCUT2D eigenvalue weighted by Crippen LogP contribution is 2.19. The Morgan fingerprint density at radius 2 is 2.15 bits per heavy atom. The maximum absolute atomic E-state index is 12.3.